The van der Waals surface area contributed by atoms with E-state index in [1.165, 1.54) is 23.1 Å². The largest absolute Gasteiger partial charge is 0.352 e. The topological polar surface area (TPSA) is 86.8 Å². The third-order valence-corrected chi connectivity index (χ3v) is 7.53. The van der Waals surface area contributed by atoms with E-state index in [9.17, 15) is 18.0 Å². The molecule has 2 aromatic carbocycles. The van der Waals surface area contributed by atoms with E-state index in [4.69, 9.17) is 23.2 Å². The number of rotatable bonds is 11. The minimum Gasteiger partial charge on any atom is -0.352 e. The third kappa shape index (κ3) is 7.85. The number of anilines is 1. The second-order valence-corrected chi connectivity index (χ2v) is 11.3. The number of hydrogen-bond acceptors (Lipinski definition) is 4. The summed E-state index contributed by atoms with van der Waals surface area (Å²) in [7, 11) is -3.90. The molecule has 10 heteroatoms. The fourth-order valence-corrected chi connectivity index (χ4v) is 4.89. The summed E-state index contributed by atoms with van der Waals surface area (Å²) in [6.07, 6.45) is 2.09. The first-order valence-corrected chi connectivity index (χ1v) is 14.1. The Kier molecular flexibility index (Phi) is 10.4. The predicted molar refractivity (Wildman–Crippen MR) is 142 cm³/mol. The minimum absolute atomic E-state index is 0.0650. The number of aryl methyl sites for hydroxylation is 1. The van der Waals surface area contributed by atoms with E-state index in [-0.39, 0.29) is 34.2 Å². The lowest BCUT2D eigenvalue weighted by atomic mass is 10.1. The van der Waals surface area contributed by atoms with Gasteiger partial charge in [0.2, 0.25) is 21.8 Å². The number of hydrogen-bond donors (Lipinski definition) is 1. The summed E-state index contributed by atoms with van der Waals surface area (Å²) in [5, 5.41) is 3.36. The summed E-state index contributed by atoms with van der Waals surface area (Å²) in [5.74, 6) is -0.809. The van der Waals surface area contributed by atoms with Gasteiger partial charge >= 0.3 is 0 Å². The summed E-state index contributed by atoms with van der Waals surface area (Å²) in [5.41, 5.74) is 1.92. The monoisotopic (exact) mass is 541 g/mol. The van der Waals surface area contributed by atoms with Gasteiger partial charge in [0.15, 0.2) is 0 Å². The molecule has 0 aliphatic heterocycles. The maximum atomic E-state index is 13.7. The molecule has 0 aliphatic rings. The van der Waals surface area contributed by atoms with Crippen molar-refractivity contribution in [1.29, 1.82) is 0 Å². The van der Waals surface area contributed by atoms with Crippen molar-refractivity contribution in [2.24, 2.45) is 0 Å². The van der Waals surface area contributed by atoms with E-state index in [1.54, 1.807) is 0 Å². The lowest BCUT2D eigenvalue weighted by Gasteiger charge is -2.34. The van der Waals surface area contributed by atoms with Crippen molar-refractivity contribution in [3.05, 3.63) is 63.6 Å². The highest BCUT2D eigenvalue weighted by Crippen LogP contribution is 2.31. The van der Waals surface area contributed by atoms with Gasteiger partial charge in [-0.25, -0.2) is 8.42 Å². The van der Waals surface area contributed by atoms with E-state index in [0.717, 1.165) is 28.1 Å². The number of carbonyl (C=O) groups excluding carboxylic acids is 2. The Morgan fingerprint density at radius 3 is 2.29 bits per heavy atom. The van der Waals surface area contributed by atoms with Crippen LogP contribution < -0.4 is 9.62 Å². The van der Waals surface area contributed by atoms with Gasteiger partial charge in [-0.1, -0.05) is 61.3 Å². The van der Waals surface area contributed by atoms with Crippen molar-refractivity contribution in [2.45, 2.75) is 59.2 Å². The number of halogens is 2. The number of nitrogens with one attached hydrogen (secondary N) is 1. The summed E-state index contributed by atoms with van der Waals surface area (Å²) < 4.78 is 26.3. The van der Waals surface area contributed by atoms with Crippen LogP contribution in [0.1, 0.15) is 44.7 Å². The maximum absolute atomic E-state index is 13.7. The highest BCUT2D eigenvalue weighted by Gasteiger charge is 2.32. The Morgan fingerprint density at radius 1 is 1.06 bits per heavy atom. The Balaban J connectivity index is 2.50. The average molecular weight is 543 g/mol. The van der Waals surface area contributed by atoms with Crippen molar-refractivity contribution < 1.29 is 18.0 Å². The normalized spacial score (nSPS) is 13.1. The number of carbonyl (C=O) groups is 2. The fourth-order valence-electron chi connectivity index (χ4n) is 3.60. The van der Waals surface area contributed by atoms with Crippen molar-refractivity contribution in [2.75, 3.05) is 17.1 Å². The molecule has 0 aromatic heterocycles. The van der Waals surface area contributed by atoms with E-state index in [2.05, 4.69) is 5.32 Å². The summed E-state index contributed by atoms with van der Waals surface area (Å²) in [6, 6.07) is 11.1. The van der Waals surface area contributed by atoms with Crippen LogP contribution in [-0.2, 0) is 26.2 Å². The molecule has 2 aromatic rings. The van der Waals surface area contributed by atoms with Gasteiger partial charge in [0.25, 0.3) is 0 Å². The molecule has 0 saturated carbocycles. The standard InChI is InChI=1S/C25H33Cl2N3O4S/c1-6-18(4)28-25(32)22(7-2)29(15-19-11-9-8-10-17(19)3)24(31)16-30(35(5,33)34)23-14-20(26)12-13-21(23)27/h8-14,18,22H,6-7,15-16H2,1-5H3,(H,28,32)/t18-,22+/m1/s1. The maximum Gasteiger partial charge on any atom is 0.244 e. The fraction of sp³-hybridized carbons (Fsp3) is 0.440. The van der Waals surface area contributed by atoms with Crippen molar-refractivity contribution in [1.82, 2.24) is 10.2 Å². The molecule has 2 amide bonds. The molecule has 2 atom stereocenters. The van der Waals surface area contributed by atoms with Crippen LogP contribution in [0.4, 0.5) is 5.69 Å². The first kappa shape index (κ1) is 28.9. The Bertz CT molecular complexity index is 1160. The number of sulfonamides is 1. The van der Waals surface area contributed by atoms with Crippen molar-refractivity contribution >= 4 is 50.7 Å². The first-order valence-electron chi connectivity index (χ1n) is 11.5. The van der Waals surface area contributed by atoms with Crippen LogP contribution in [0.5, 0.6) is 0 Å². The van der Waals surface area contributed by atoms with Gasteiger partial charge in [-0.2, -0.15) is 0 Å². The van der Waals surface area contributed by atoms with Crippen LogP contribution in [0, 0.1) is 6.92 Å². The van der Waals surface area contributed by atoms with E-state index in [0.29, 0.717) is 6.42 Å². The second-order valence-electron chi connectivity index (χ2n) is 8.56. The smallest absolute Gasteiger partial charge is 0.244 e. The van der Waals surface area contributed by atoms with Crippen molar-refractivity contribution in [3.63, 3.8) is 0 Å². The number of nitrogens with zero attached hydrogens (tertiary/aromatic N) is 2. The van der Waals surface area contributed by atoms with Crippen LogP contribution in [0.3, 0.4) is 0 Å². The highest BCUT2D eigenvalue weighted by atomic mass is 35.5. The van der Waals surface area contributed by atoms with E-state index in [1.807, 2.05) is 52.0 Å². The van der Waals surface area contributed by atoms with E-state index < -0.39 is 28.5 Å². The van der Waals surface area contributed by atoms with Crippen LogP contribution in [-0.4, -0.2) is 50.0 Å². The molecule has 1 N–H and O–H groups in total. The summed E-state index contributed by atoms with van der Waals surface area (Å²) in [4.78, 5) is 28.3. The molecule has 0 unspecified atom stereocenters. The highest BCUT2D eigenvalue weighted by molar-refractivity contribution is 7.92. The molecule has 0 bridgehead atoms. The van der Waals surface area contributed by atoms with Crippen LogP contribution in [0.15, 0.2) is 42.5 Å². The predicted octanol–water partition coefficient (Wildman–Crippen LogP) is 4.79. The van der Waals surface area contributed by atoms with Crippen LogP contribution >= 0.6 is 23.2 Å². The average Bonchev–Trinajstić information content (AvgIpc) is 2.79. The molecule has 192 valence electrons. The number of benzene rings is 2. The van der Waals surface area contributed by atoms with Crippen LogP contribution in [0.25, 0.3) is 0 Å². The summed E-state index contributed by atoms with van der Waals surface area (Å²) >= 11 is 12.4. The molecule has 0 heterocycles. The van der Waals surface area contributed by atoms with Gasteiger partial charge in [-0.05, 0) is 56.0 Å². The van der Waals surface area contributed by atoms with Crippen molar-refractivity contribution in [3.8, 4) is 0 Å². The molecule has 2 rings (SSSR count). The Labute approximate surface area is 218 Å². The number of amides is 2. The minimum atomic E-state index is -3.90. The molecule has 7 nitrogen and oxygen atoms in total. The van der Waals surface area contributed by atoms with Crippen LogP contribution in [0.2, 0.25) is 10.0 Å². The second kappa shape index (κ2) is 12.6. The first-order chi connectivity index (χ1) is 16.4. The van der Waals surface area contributed by atoms with Gasteiger partial charge in [-0.3, -0.25) is 13.9 Å². The Morgan fingerprint density at radius 2 is 1.71 bits per heavy atom. The van der Waals surface area contributed by atoms with Gasteiger partial charge in [0.05, 0.1) is 17.0 Å². The SMILES string of the molecule is CC[C@@H](C)NC(=O)[C@H](CC)N(Cc1ccccc1C)C(=O)CN(c1cc(Cl)ccc1Cl)S(C)(=O)=O. The lowest BCUT2D eigenvalue weighted by Crippen LogP contribution is -2.53. The zero-order valence-electron chi connectivity index (χ0n) is 20.7. The molecule has 0 fully saturated rings. The van der Waals surface area contributed by atoms with Gasteiger partial charge in [-0.15, -0.1) is 0 Å². The molecule has 0 spiro atoms. The molecule has 0 aliphatic carbocycles. The third-order valence-electron chi connectivity index (χ3n) is 5.84. The van der Waals surface area contributed by atoms with Gasteiger partial charge in [0.1, 0.15) is 12.6 Å². The lowest BCUT2D eigenvalue weighted by molar-refractivity contribution is -0.140. The Hall–Kier alpha value is -2.29. The molecular formula is C25H33Cl2N3O4S. The molecule has 0 saturated heterocycles. The van der Waals surface area contributed by atoms with E-state index >= 15 is 0 Å². The zero-order chi connectivity index (χ0) is 26.3. The van der Waals surface area contributed by atoms with Gasteiger partial charge < -0.3 is 10.2 Å². The molecule has 0 radical (unpaired) electrons. The molecule has 35 heavy (non-hydrogen) atoms. The summed E-state index contributed by atoms with van der Waals surface area (Å²) in [6.45, 7) is 7.22. The quantitative estimate of drug-likeness (QED) is 0.443. The zero-order valence-corrected chi connectivity index (χ0v) is 23.0. The molecular weight excluding hydrogens is 509 g/mol. The van der Waals surface area contributed by atoms with Gasteiger partial charge in [0, 0.05) is 17.6 Å².